The number of hydrogen-bond donors (Lipinski definition) is 1. The van der Waals surface area contributed by atoms with Crippen LogP contribution in [0.5, 0.6) is 17.2 Å². The normalized spacial score (nSPS) is 11.8. The average molecular weight is 630 g/mol. The number of benzene rings is 3. The Hall–Kier alpha value is -4.32. The summed E-state index contributed by atoms with van der Waals surface area (Å²) in [6.07, 6.45) is 1.94. The molecule has 2 amide bonds. The fraction of sp³-hybridized carbons (Fsp3) is 0.375. The minimum atomic E-state index is -4.40. The molecule has 3 aromatic rings. The number of nitrogens with one attached hydrogen (secondary N) is 1. The smallest absolute Gasteiger partial charge is 0.264 e. The second-order valence-electron chi connectivity index (χ2n) is 9.95. The molecule has 3 rings (SSSR count). The molecular formula is C32H40FN3O7S. The van der Waals surface area contributed by atoms with Crippen LogP contribution in [0.15, 0.2) is 71.6 Å². The molecule has 44 heavy (non-hydrogen) atoms. The summed E-state index contributed by atoms with van der Waals surface area (Å²) in [5.41, 5.74) is 0.755. The van der Waals surface area contributed by atoms with Gasteiger partial charge in [0.25, 0.3) is 10.0 Å². The lowest BCUT2D eigenvalue weighted by Gasteiger charge is -2.33. The quantitative estimate of drug-likeness (QED) is 0.227. The highest BCUT2D eigenvalue weighted by atomic mass is 32.2. The number of rotatable bonds is 16. The van der Waals surface area contributed by atoms with Gasteiger partial charge in [-0.3, -0.25) is 13.9 Å². The van der Waals surface area contributed by atoms with Crippen LogP contribution >= 0.6 is 0 Å². The van der Waals surface area contributed by atoms with Crippen molar-refractivity contribution in [3.63, 3.8) is 0 Å². The Labute approximate surface area is 258 Å². The summed E-state index contributed by atoms with van der Waals surface area (Å²) in [6.45, 7) is 3.59. The Morgan fingerprint density at radius 1 is 0.909 bits per heavy atom. The van der Waals surface area contributed by atoms with Gasteiger partial charge in [0.1, 0.15) is 24.2 Å². The Kier molecular flexibility index (Phi) is 12.4. The van der Waals surface area contributed by atoms with Crippen molar-refractivity contribution >= 4 is 27.5 Å². The van der Waals surface area contributed by atoms with E-state index in [-0.39, 0.29) is 35.2 Å². The van der Waals surface area contributed by atoms with Gasteiger partial charge in [0, 0.05) is 19.2 Å². The van der Waals surface area contributed by atoms with E-state index in [1.54, 1.807) is 31.2 Å². The van der Waals surface area contributed by atoms with E-state index in [0.717, 1.165) is 29.3 Å². The van der Waals surface area contributed by atoms with Gasteiger partial charge < -0.3 is 24.4 Å². The Morgan fingerprint density at radius 2 is 1.61 bits per heavy atom. The van der Waals surface area contributed by atoms with Crippen LogP contribution in [0.4, 0.5) is 10.1 Å². The van der Waals surface area contributed by atoms with E-state index in [4.69, 9.17) is 14.2 Å². The predicted octanol–water partition coefficient (Wildman–Crippen LogP) is 4.77. The third-order valence-corrected chi connectivity index (χ3v) is 8.81. The molecule has 0 bridgehead atoms. The average Bonchev–Trinajstić information content (AvgIpc) is 3.03. The maximum Gasteiger partial charge on any atom is 0.264 e. The summed E-state index contributed by atoms with van der Waals surface area (Å²) in [6, 6.07) is 15.0. The Bertz CT molecular complexity index is 1520. The number of unbranched alkanes of at least 4 members (excludes halogenated alkanes) is 1. The van der Waals surface area contributed by atoms with E-state index >= 15 is 0 Å². The van der Waals surface area contributed by atoms with E-state index in [1.807, 2.05) is 6.92 Å². The van der Waals surface area contributed by atoms with Crippen molar-refractivity contribution in [2.24, 2.45) is 0 Å². The summed E-state index contributed by atoms with van der Waals surface area (Å²) in [5.74, 6) is -0.474. The Morgan fingerprint density at radius 3 is 2.23 bits per heavy atom. The second kappa shape index (κ2) is 15.9. The summed E-state index contributed by atoms with van der Waals surface area (Å²) in [4.78, 5) is 28.7. The van der Waals surface area contributed by atoms with Crippen LogP contribution in [-0.4, -0.2) is 65.6 Å². The van der Waals surface area contributed by atoms with Gasteiger partial charge in [0.05, 0.1) is 31.9 Å². The molecule has 0 saturated carbocycles. The van der Waals surface area contributed by atoms with E-state index in [9.17, 15) is 22.4 Å². The molecule has 0 saturated heterocycles. The number of nitrogens with zero attached hydrogens (tertiary/aromatic N) is 2. The van der Waals surface area contributed by atoms with Crippen LogP contribution in [-0.2, 0) is 26.2 Å². The van der Waals surface area contributed by atoms with E-state index in [0.29, 0.717) is 23.6 Å². The lowest BCUT2D eigenvalue weighted by atomic mass is 10.1. The van der Waals surface area contributed by atoms with Crippen molar-refractivity contribution in [3.8, 4) is 17.2 Å². The molecule has 1 atom stereocenters. The molecule has 3 aromatic carbocycles. The van der Waals surface area contributed by atoms with Crippen LogP contribution in [0.3, 0.4) is 0 Å². The minimum Gasteiger partial charge on any atom is -0.497 e. The zero-order valence-electron chi connectivity index (χ0n) is 25.7. The fourth-order valence-electron chi connectivity index (χ4n) is 4.63. The third-order valence-electron chi connectivity index (χ3n) is 7.04. The van der Waals surface area contributed by atoms with Crippen LogP contribution in [0.25, 0.3) is 0 Å². The molecule has 0 spiro atoms. The van der Waals surface area contributed by atoms with Crippen molar-refractivity contribution in [3.05, 3.63) is 78.1 Å². The molecule has 0 heterocycles. The van der Waals surface area contributed by atoms with Gasteiger partial charge in [-0.05, 0) is 66.9 Å². The van der Waals surface area contributed by atoms with Crippen molar-refractivity contribution in [2.75, 3.05) is 38.7 Å². The number of amides is 2. The van der Waals surface area contributed by atoms with Crippen LogP contribution < -0.4 is 23.8 Å². The zero-order chi connectivity index (χ0) is 32.3. The minimum absolute atomic E-state index is 0.0173. The SMILES string of the molecule is CCCCNC(=O)C(CC)N(Cc1cccc(OC)c1)C(=O)CN(c1ccc(F)cc1)S(=O)(=O)c1ccc(OC)c(OC)c1. The largest absolute Gasteiger partial charge is 0.497 e. The lowest BCUT2D eigenvalue weighted by molar-refractivity contribution is -0.140. The monoisotopic (exact) mass is 629 g/mol. The summed E-state index contributed by atoms with van der Waals surface area (Å²) in [7, 11) is -0.0712. The number of hydrogen-bond acceptors (Lipinski definition) is 7. The van der Waals surface area contributed by atoms with Gasteiger partial charge in [-0.2, -0.15) is 0 Å². The van der Waals surface area contributed by atoms with Gasteiger partial charge >= 0.3 is 0 Å². The predicted molar refractivity (Wildman–Crippen MR) is 166 cm³/mol. The summed E-state index contributed by atoms with van der Waals surface area (Å²) < 4.78 is 58.9. The molecule has 0 radical (unpaired) electrons. The first-order chi connectivity index (χ1) is 21.1. The lowest BCUT2D eigenvalue weighted by Crippen LogP contribution is -2.52. The number of carbonyl (C=O) groups excluding carboxylic acids is 2. The van der Waals surface area contributed by atoms with Gasteiger partial charge in [0.2, 0.25) is 11.8 Å². The highest BCUT2D eigenvalue weighted by molar-refractivity contribution is 7.92. The molecule has 1 unspecified atom stereocenters. The second-order valence-corrected chi connectivity index (χ2v) is 11.8. The molecule has 12 heteroatoms. The molecule has 0 aromatic heterocycles. The highest BCUT2D eigenvalue weighted by Crippen LogP contribution is 2.32. The zero-order valence-corrected chi connectivity index (χ0v) is 26.5. The first-order valence-corrected chi connectivity index (χ1v) is 15.7. The van der Waals surface area contributed by atoms with Gasteiger partial charge in [-0.15, -0.1) is 0 Å². The maximum atomic E-state index is 14.2. The number of ether oxygens (including phenoxy) is 3. The number of halogens is 1. The number of carbonyl (C=O) groups is 2. The Balaban J connectivity index is 2.08. The van der Waals surface area contributed by atoms with Crippen molar-refractivity contribution in [1.29, 1.82) is 0 Å². The van der Waals surface area contributed by atoms with Crippen LogP contribution in [0.1, 0.15) is 38.7 Å². The topological polar surface area (TPSA) is 114 Å². The van der Waals surface area contributed by atoms with Crippen LogP contribution in [0, 0.1) is 5.82 Å². The molecule has 0 aliphatic heterocycles. The van der Waals surface area contributed by atoms with Crippen molar-refractivity contribution in [1.82, 2.24) is 10.2 Å². The van der Waals surface area contributed by atoms with Gasteiger partial charge in [0.15, 0.2) is 11.5 Å². The molecule has 10 nitrogen and oxygen atoms in total. The third kappa shape index (κ3) is 8.40. The highest BCUT2D eigenvalue weighted by Gasteiger charge is 2.34. The molecule has 0 aliphatic rings. The molecule has 238 valence electrons. The molecule has 0 fully saturated rings. The number of anilines is 1. The van der Waals surface area contributed by atoms with Gasteiger partial charge in [-0.25, -0.2) is 12.8 Å². The summed E-state index contributed by atoms with van der Waals surface area (Å²) in [5, 5.41) is 2.89. The van der Waals surface area contributed by atoms with Gasteiger partial charge in [-0.1, -0.05) is 32.4 Å². The van der Waals surface area contributed by atoms with Crippen LogP contribution in [0.2, 0.25) is 0 Å². The molecular weight excluding hydrogens is 589 g/mol. The standard InChI is InChI=1S/C32H40FN3O7S/c1-6-8-18-34-32(38)28(7-2)35(21-23-10-9-11-26(19-23)41-3)31(37)22-36(25-14-12-24(33)13-15-25)44(39,40)27-16-17-29(42-4)30(20-27)43-5/h9-17,19-20,28H,6-8,18,21-22H2,1-5H3,(H,34,38). The molecule has 0 aliphatic carbocycles. The van der Waals surface area contributed by atoms with E-state index in [1.165, 1.54) is 56.6 Å². The number of sulfonamides is 1. The van der Waals surface area contributed by atoms with Crippen molar-refractivity contribution in [2.45, 2.75) is 50.6 Å². The summed E-state index contributed by atoms with van der Waals surface area (Å²) >= 11 is 0. The first-order valence-electron chi connectivity index (χ1n) is 14.3. The first kappa shape index (κ1) is 34.2. The maximum absolute atomic E-state index is 14.2. The molecule has 1 N–H and O–H groups in total. The number of methoxy groups -OCH3 is 3. The van der Waals surface area contributed by atoms with E-state index in [2.05, 4.69) is 5.32 Å². The fourth-order valence-corrected chi connectivity index (χ4v) is 6.06. The van der Waals surface area contributed by atoms with E-state index < -0.39 is 34.3 Å². The van der Waals surface area contributed by atoms with Crippen molar-refractivity contribution < 1.29 is 36.6 Å².